The number of fused-ring (bicyclic) bond motifs is 5. The first-order valence-corrected chi connectivity index (χ1v) is 12.6. The summed E-state index contributed by atoms with van der Waals surface area (Å²) in [5.74, 6) is 1.46. The zero-order chi connectivity index (χ0) is 21.3. The Balaban J connectivity index is 1.32. The lowest BCUT2D eigenvalue weighted by molar-refractivity contribution is -0.219. The van der Waals surface area contributed by atoms with E-state index in [1.54, 1.807) is 5.57 Å². The molecule has 5 fully saturated rings. The molecular weight excluding hydrogens is 390 g/mol. The average Bonchev–Trinajstić information content (AvgIpc) is 3.48. The summed E-state index contributed by atoms with van der Waals surface area (Å²) in [6.07, 6.45) is 12.2. The van der Waals surface area contributed by atoms with Gasteiger partial charge in [-0.25, -0.2) is 0 Å². The molecule has 5 nitrogen and oxygen atoms in total. The van der Waals surface area contributed by atoms with Gasteiger partial charge in [0.05, 0.1) is 32.5 Å². The van der Waals surface area contributed by atoms with E-state index in [4.69, 9.17) is 18.9 Å². The molecule has 170 valence electrons. The highest BCUT2D eigenvalue weighted by atomic mass is 16.7. The van der Waals surface area contributed by atoms with Gasteiger partial charge in [-0.15, -0.1) is 0 Å². The van der Waals surface area contributed by atoms with Crippen molar-refractivity contribution in [2.45, 2.75) is 83.2 Å². The van der Waals surface area contributed by atoms with Crippen molar-refractivity contribution in [3.63, 3.8) is 0 Å². The lowest BCUT2D eigenvalue weighted by atomic mass is 9.46. The van der Waals surface area contributed by atoms with Crippen molar-refractivity contribution in [2.75, 3.05) is 26.4 Å². The third-order valence-corrected chi connectivity index (χ3v) is 10.5. The van der Waals surface area contributed by atoms with E-state index in [9.17, 15) is 5.26 Å². The largest absolute Gasteiger partial charge is 0.348 e. The van der Waals surface area contributed by atoms with Crippen LogP contribution in [0.4, 0.5) is 0 Å². The first-order valence-electron chi connectivity index (χ1n) is 12.6. The normalized spacial score (nSPS) is 47.3. The number of rotatable bonds is 2. The van der Waals surface area contributed by atoms with Crippen LogP contribution in [-0.2, 0) is 18.9 Å². The summed E-state index contributed by atoms with van der Waals surface area (Å²) in [6, 6.07) is 2.60. The molecular formula is C26H37NO4. The van der Waals surface area contributed by atoms with Gasteiger partial charge in [-0.1, -0.05) is 18.6 Å². The molecule has 0 N–H and O–H groups in total. The zero-order valence-electron chi connectivity index (χ0n) is 19.2. The predicted octanol–water partition coefficient (Wildman–Crippen LogP) is 4.97. The number of ether oxygens (including phenoxy) is 4. The number of hydrogen-bond acceptors (Lipinski definition) is 5. The monoisotopic (exact) mass is 427 g/mol. The first-order chi connectivity index (χ1) is 14.9. The molecule has 0 unspecified atom stereocenters. The Morgan fingerprint density at radius 1 is 0.935 bits per heavy atom. The summed E-state index contributed by atoms with van der Waals surface area (Å²) in [7, 11) is 0. The molecule has 5 heteroatoms. The minimum atomic E-state index is -0.508. The molecule has 0 aromatic carbocycles. The van der Waals surface area contributed by atoms with Crippen LogP contribution in [0.1, 0.15) is 71.6 Å². The maximum absolute atomic E-state index is 9.89. The molecule has 2 aliphatic heterocycles. The van der Waals surface area contributed by atoms with Crippen LogP contribution in [0, 0.1) is 45.8 Å². The van der Waals surface area contributed by atoms with Crippen LogP contribution < -0.4 is 0 Å². The Kier molecular flexibility index (Phi) is 4.69. The summed E-state index contributed by atoms with van der Waals surface area (Å²) in [5.41, 5.74) is 1.88. The van der Waals surface area contributed by atoms with Crippen LogP contribution in [0.25, 0.3) is 0 Å². The second-order valence-electron chi connectivity index (χ2n) is 11.5. The van der Waals surface area contributed by atoms with Crippen molar-refractivity contribution in [1.82, 2.24) is 0 Å². The van der Waals surface area contributed by atoms with Crippen LogP contribution in [0.15, 0.2) is 11.6 Å². The first kappa shape index (κ1) is 20.7. The minimum absolute atomic E-state index is 0.0459. The van der Waals surface area contributed by atoms with Gasteiger partial charge < -0.3 is 18.9 Å². The van der Waals surface area contributed by atoms with Gasteiger partial charge in [0.15, 0.2) is 11.6 Å². The van der Waals surface area contributed by atoms with E-state index >= 15 is 0 Å². The Hall–Kier alpha value is -0.930. The molecule has 0 amide bonds. The van der Waals surface area contributed by atoms with Gasteiger partial charge in [0, 0.05) is 25.2 Å². The van der Waals surface area contributed by atoms with Gasteiger partial charge in [-0.2, -0.15) is 5.26 Å². The average molecular weight is 428 g/mol. The van der Waals surface area contributed by atoms with E-state index < -0.39 is 5.79 Å². The predicted molar refractivity (Wildman–Crippen MR) is 115 cm³/mol. The highest BCUT2D eigenvalue weighted by molar-refractivity contribution is 5.27. The van der Waals surface area contributed by atoms with E-state index in [2.05, 4.69) is 26.0 Å². The molecule has 6 rings (SSSR count). The molecule has 0 aromatic heterocycles. The van der Waals surface area contributed by atoms with E-state index in [-0.39, 0.29) is 16.6 Å². The van der Waals surface area contributed by atoms with E-state index in [0.717, 1.165) is 51.7 Å². The lowest BCUT2D eigenvalue weighted by Crippen LogP contribution is -2.55. The molecule has 2 saturated heterocycles. The molecule has 6 aliphatic rings. The molecule has 31 heavy (non-hydrogen) atoms. The van der Waals surface area contributed by atoms with Crippen LogP contribution in [0.3, 0.4) is 0 Å². The maximum atomic E-state index is 9.89. The summed E-state index contributed by atoms with van der Waals surface area (Å²) < 4.78 is 24.5. The van der Waals surface area contributed by atoms with E-state index in [0.29, 0.717) is 43.3 Å². The highest BCUT2D eigenvalue weighted by Crippen LogP contribution is 2.69. The fourth-order valence-corrected chi connectivity index (χ4v) is 9.17. The molecule has 3 saturated carbocycles. The summed E-state index contributed by atoms with van der Waals surface area (Å²) in [6.45, 7) is 7.50. The van der Waals surface area contributed by atoms with Crippen molar-refractivity contribution in [3.05, 3.63) is 11.6 Å². The Morgan fingerprint density at radius 2 is 1.68 bits per heavy atom. The second-order valence-corrected chi connectivity index (χ2v) is 11.5. The smallest absolute Gasteiger partial charge is 0.172 e. The summed E-state index contributed by atoms with van der Waals surface area (Å²) in [4.78, 5) is 0. The summed E-state index contributed by atoms with van der Waals surface area (Å²) in [5, 5.41) is 9.89. The zero-order valence-corrected chi connectivity index (χ0v) is 19.2. The molecule has 1 spiro atoms. The second kappa shape index (κ2) is 7.03. The third-order valence-electron chi connectivity index (χ3n) is 10.5. The van der Waals surface area contributed by atoms with Gasteiger partial charge >= 0.3 is 0 Å². The van der Waals surface area contributed by atoms with Crippen molar-refractivity contribution in [3.8, 4) is 6.07 Å². The molecule has 4 aliphatic carbocycles. The summed E-state index contributed by atoms with van der Waals surface area (Å²) >= 11 is 0. The molecule has 2 heterocycles. The van der Waals surface area contributed by atoms with E-state index in [1.165, 1.54) is 12.8 Å². The Bertz CT molecular complexity index is 805. The standard InChI is InChI=1S/C26H37NO4/c1-23-9-10-26(30-15-16-31-26)17-18(23)3-4-19-20(23)7-8-25(11-12-27)21(19)5-6-22(25)24(2)28-13-14-29-24/h3,19-22H,4-11,13-17H2,1-2H3/t19-,20-,21+,22-,23-,25-/m1/s1. The molecule has 0 aromatic rings. The quantitative estimate of drug-likeness (QED) is 0.583. The van der Waals surface area contributed by atoms with Crippen molar-refractivity contribution in [2.24, 2.45) is 34.5 Å². The minimum Gasteiger partial charge on any atom is -0.348 e. The van der Waals surface area contributed by atoms with Crippen molar-refractivity contribution < 1.29 is 18.9 Å². The van der Waals surface area contributed by atoms with Crippen LogP contribution >= 0.6 is 0 Å². The topological polar surface area (TPSA) is 60.7 Å². The van der Waals surface area contributed by atoms with Crippen LogP contribution in [0.2, 0.25) is 0 Å². The lowest BCUT2D eigenvalue weighted by Gasteiger charge is -2.59. The molecule has 6 atom stereocenters. The van der Waals surface area contributed by atoms with E-state index in [1.807, 2.05) is 0 Å². The Labute approximate surface area is 186 Å². The van der Waals surface area contributed by atoms with Crippen molar-refractivity contribution in [1.29, 1.82) is 5.26 Å². The Morgan fingerprint density at radius 3 is 2.42 bits per heavy atom. The maximum Gasteiger partial charge on any atom is 0.172 e. The van der Waals surface area contributed by atoms with Gasteiger partial charge in [0.2, 0.25) is 0 Å². The van der Waals surface area contributed by atoms with Gasteiger partial charge in [-0.05, 0) is 74.0 Å². The van der Waals surface area contributed by atoms with Gasteiger partial charge in [-0.3, -0.25) is 0 Å². The van der Waals surface area contributed by atoms with Crippen molar-refractivity contribution >= 4 is 0 Å². The fraction of sp³-hybridized carbons (Fsp3) is 0.885. The molecule has 0 bridgehead atoms. The van der Waals surface area contributed by atoms with Gasteiger partial charge in [0.1, 0.15) is 0 Å². The van der Waals surface area contributed by atoms with Crippen LogP contribution in [0.5, 0.6) is 0 Å². The number of nitrogens with zero attached hydrogens (tertiary/aromatic N) is 1. The van der Waals surface area contributed by atoms with Gasteiger partial charge in [0.25, 0.3) is 0 Å². The van der Waals surface area contributed by atoms with Crippen LogP contribution in [-0.4, -0.2) is 38.0 Å². The molecule has 0 radical (unpaired) electrons. The highest BCUT2D eigenvalue weighted by Gasteiger charge is 2.65. The number of hydrogen-bond donors (Lipinski definition) is 0. The third kappa shape index (κ3) is 2.81. The number of nitriles is 1. The number of allylic oxidation sites excluding steroid dienone is 1. The fourth-order valence-electron chi connectivity index (χ4n) is 9.17. The SMILES string of the molecule is CC1([C@H]2CC[C@H]3[C@@H]4CC=C5CC6(CC[C@@]5(C)[C@@H]4CC[C@]23CC#N)OCCO6)OCCO1.